The normalized spacial score (nSPS) is 10.2. The van der Waals surface area contributed by atoms with Gasteiger partial charge in [0, 0.05) is 17.0 Å². The van der Waals surface area contributed by atoms with Crippen molar-refractivity contribution in [3.8, 4) is 11.8 Å². The third-order valence-electron chi connectivity index (χ3n) is 2.47. The van der Waals surface area contributed by atoms with Crippen LogP contribution in [0.25, 0.3) is 0 Å². The van der Waals surface area contributed by atoms with Crippen LogP contribution in [0, 0.1) is 10.1 Å². The molecule has 0 radical (unpaired) electrons. The molecule has 0 bridgehead atoms. The number of ether oxygens (including phenoxy) is 2. The Kier molecular flexibility index (Phi) is 4.43. The average molecular weight is 308 g/mol. The lowest BCUT2D eigenvalue weighted by atomic mass is 10.3. The van der Waals surface area contributed by atoms with Crippen LogP contribution in [0.4, 0.5) is 11.6 Å². The molecule has 0 spiro atoms. The van der Waals surface area contributed by atoms with E-state index < -0.39 is 4.92 Å². The fourth-order valence-corrected chi connectivity index (χ4v) is 2.48. The Hall–Kier alpha value is -2.55. The van der Waals surface area contributed by atoms with Crippen LogP contribution in [-0.4, -0.2) is 29.1 Å². The lowest BCUT2D eigenvalue weighted by Crippen LogP contribution is -2.02. The Morgan fingerprint density at radius 3 is 2.10 bits per heavy atom. The van der Waals surface area contributed by atoms with Crippen LogP contribution in [0.1, 0.15) is 0 Å². The highest BCUT2D eigenvalue weighted by Gasteiger charge is 2.17. The fraction of sp³-hybridized carbons (Fsp3) is 0.167. The molecule has 0 fully saturated rings. The minimum absolute atomic E-state index is 0.0202. The number of rotatable bonds is 5. The molecule has 110 valence electrons. The van der Waals surface area contributed by atoms with E-state index >= 15 is 0 Å². The molecule has 0 saturated heterocycles. The fourth-order valence-electron chi connectivity index (χ4n) is 1.54. The first-order chi connectivity index (χ1) is 10.0. The van der Waals surface area contributed by atoms with Crippen molar-refractivity contribution in [3.05, 3.63) is 34.4 Å². The zero-order valence-corrected chi connectivity index (χ0v) is 12.1. The topological polar surface area (TPSA) is 113 Å². The van der Waals surface area contributed by atoms with Gasteiger partial charge in [-0.15, -0.1) is 0 Å². The van der Waals surface area contributed by atoms with Crippen molar-refractivity contribution >= 4 is 23.4 Å². The van der Waals surface area contributed by atoms with Gasteiger partial charge >= 0.3 is 0 Å². The van der Waals surface area contributed by atoms with Crippen LogP contribution in [0.15, 0.2) is 34.1 Å². The van der Waals surface area contributed by atoms with Gasteiger partial charge in [-0.2, -0.15) is 9.97 Å². The zero-order chi connectivity index (χ0) is 15.4. The van der Waals surface area contributed by atoms with E-state index in [1.54, 1.807) is 12.1 Å². The molecule has 0 saturated carbocycles. The molecule has 8 nitrogen and oxygen atoms in total. The number of nitrogens with zero attached hydrogens (tertiary/aromatic N) is 3. The summed E-state index contributed by atoms with van der Waals surface area (Å²) in [7, 11) is 2.92. The number of methoxy groups -OCH3 is 2. The van der Waals surface area contributed by atoms with Gasteiger partial charge in [-0.25, -0.2) is 0 Å². The molecule has 0 aliphatic heterocycles. The number of aromatic nitrogens is 2. The summed E-state index contributed by atoms with van der Waals surface area (Å²) >= 11 is 1.27. The number of nitro benzene ring substituents is 1. The molecule has 2 N–H and O–H groups in total. The minimum Gasteiger partial charge on any atom is -0.480 e. The first-order valence-electron chi connectivity index (χ1n) is 5.73. The van der Waals surface area contributed by atoms with Crippen molar-refractivity contribution in [2.45, 2.75) is 9.79 Å². The maximum atomic E-state index is 10.6. The molecule has 21 heavy (non-hydrogen) atoms. The van der Waals surface area contributed by atoms with E-state index in [0.29, 0.717) is 4.90 Å². The second-order valence-electron chi connectivity index (χ2n) is 3.78. The van der Waals surface area contributed by atoms with Crippen LogP contribution >= 0.6 is 11.8 Å². The Bertz CT molecular complexity index is 638. The first-order valence-corrected chi connectivity index (χ1v) is 6.54. The van der Waals surface area contributed by atoms with E-state index in [-0.39, 0.29) is 23.4 Å². The molecule has 1 aromatic heterocycles. The van der Waals surface area contributed by atoms with Gasteiger partial charge in [0.1, 0.15) is 4.90 Å². The van der Waals surface area contributed by atoms with Gasteiger partial charge in [0.05, 0.1) is 19.1 Å². The predicted octanol–water partition coefficient (Wildman–Crippen LogP) is 2.14. The van der Waals surface area contributed by atoms with E-state index in [9.17, 15) is 10.1 Å². The Balaban J connectivity index is 2.36. The number of nitrogens with two attached hydrogens (primary N) is 1. The van der Waals surface area contributed by atoms with Gasteiger partial charge in [-0.1, -0.05) is 11.8 Å². The lowest BCUT2D eigenvalue weighted by Gasteiger charge is -2.11. The highest BCUT2D eigenvalue weighted by molar-refractivity contribution is 7.99. The number of nitro groups is 1. The number of non-ortho nitro benzene ring substituents is 1. The Labute approximate surface area is 124 Å². The molecular formula is C12H12N4O4S. The van der Waals surface area contributed by atoms with Crippen molar-refractivity contribution in [1.29, 1.82) is 0 Å². The summed E-state index contributed by atoms with van der Waals surface area (Å²) in [6.07, 6.45) is 0. The van der Waals surface area contributed by atoms with Gasteiger partial charge in [0.25, 0.3) is 5.69 Å². The minimum atomic E-state index is -0.456. The molecule has 0 atom stereocenters. The van der Waals surface area contributed by atoms with Crippen molar-refractivity contribution in [2.75, 3.05) is 20.0 Å². The monoisotopic (exact) mass is 308 g/mol. The third kappa shape index (κ3) is 3.31. The molecule has 0 aliphatic carbocycles. The summed E-state index contributed by atoms with van der Waals surface area (Å²) in [6.45, 7) is 0. The number of hydrogen-bond acceptors (Lipinski definition) is 8. The van der Waals surface area contributed by atoms with Crippen molar-refractivity contribution in [3.63, 3.8) is 0 Å². The van der Waals surface area contributed by atoms with Crippen LogP contribution in [0.2, 0.25) is 0 Å². The molecule has 1 aromatic carbocycles. The summed E-state index contributed by atoms with van der Waals surface area (Å²) in [5.41, 5.74) is 5.58. The summed E-state index contributed by atoms with van der Waals surface area (Å²) in [5, 5.41) is 10.6. The highest BCUT2D eigenvalue weighted by atomic mass is 32.2. The van der Waals surface area contributed by atoms with E-state index in [2.05, 4.69) is 9.97 Å². The van der Waals surface area contributed by atoms with Crippen LogP contribution in [-0.2, 0) is 0 Å². The molecule has 2 aromatic rings. The smallest absolute Gasteiger partial charge is 0.269 e. The number of benzene rings is 1. The second kappa shape index (κ2) is 6.27. The van der Waals surface area contributed by atoms with Crippen LogP contribution < -0.4 is 15.2 Å². The Morgan fingerprint density at radius 1 is 1.14 bits per heavy atom. The zero-order valence-electron chi connectivity index (χ0n) is 11.3. The first kappa shape index (κ1) is 14.9. The summed E-state index contributed by atoms with van der Waals surface area (Å²) in [5.74, 6) is 0.599. The molecule has 2 rings (SSSR count). The van der Waals surface area contributed by atoms with Crippen molar-refractivity contribution in [1.82, 2.24) is 9.97 Å². The SMILES string of the molecule is COc1nc(N)nc(OC)c1Sc1ccc([N+](=O)[O-])cc1. The van der Waals surface area contributed by atoms with Gasteiger partial charge in [-0.3, -0.25) is 10.1 Å². The summed E-state index contributed by atoms with van der Waals surface area (Å²) < 4.78 is 10.3. The van der Waals surface area contributed by atoms with E-state index in [1.165, 1.54) is 38.1 Å². The second-order valence-corrected chi connectivity index (χ2v) is 4.87. The number of hydrogen-bond donors (Lipinski definition) is 1. The summed E-state index contributed by atoms with van der Waals surface area (Å²) in [4.78, 5) is 19.4. The maximum absolute atomic E-state index is 10.6. The quantitative estimate of drug-likeness (QED) is 0.660. The van der Waals surface area contributed by atoms with Crippen LogP contribution in [0.3, 0.4) is 0 Å². The number of anilines is 1. The van der Waals surface area contributed by atoms with Crippen LogP contribution in [0.5, 0.6) is 11.8 Å². The standard InChI is InChI=1S/C12H12N4O4S/c1-19-10-9(11(20-2)15-12(13)14-10)21-8-5-3-7(4-6-8)16(17)18/h3-6H,1-2H3,(H2,13,14,15). The van der Waals surface area contributed by atoms with Crippen molar-refractivity contribution < 1.29 is 14.4 Å². The summed E-state index contributed by atoms with van der Waals surface area (Å²) in [6, 6.07) is 6.08. The maximum Gasteiger partial charge on any atom is 0.269 e. The Morgan fingerprint density at radius 2 is 1.67 bits per heavy atom. The van der Waals surface area contributed by atoms with Gasteiger partial charge in [-0.05, 0) is 12.1 Å². The molecule has 0 unspecified atom stereocenters. The average Bonchev–Trinajstić information content (AvgIpc) is 2.48. The number of nitrogen functional groups attached to an aromatic ring is 1. The molecule has 1 heterocycles. The molecule has 0 aliphatic rings. The highest BCUT2D eigenvalue weighted by Crippen LogP contribution is 2.40. The van der Waals surface area contributed by atoms with E-state index in [0.717, 1.165) is 4.90 Å². The van der Waals surface area contributed by atoms with Gasteiger partial charge < -0.3 is 15.2 Å². The lowest BCUT2D eigenvalue weighted by molar-refractivity contribution is -0.384. The van der Waals surface area contributed by atoms with Gasteiger partial charge in [0.2, 0.25) is 17.7 Å². The van der Waals surface area contributed by atoms with Crippen molar-refractivity contribution in [2.24, 2.45) is 0 Å². The largest absolute Gasteiger partial charge is 0.480 e. The predicted molar refractivity (Wildman–Crippen MR) is 76.8 cm³/mol. The van der Waals surface area contributed by atoms with E-state index in [1.807, 2.05) is 0 Å². The molecule has 9 heteroatoms. The van der Waals surface area contributed by atoms with Gasteiger partial charge in [0.15, 0.2) is 0 Å². The molecule has 0 amide bonds. The molecular weight excluding hydrogens is 296 g/mol. The third-order valence-corrected chi connectivity index (χ3v) is 3.54. The van der Waals surface area contributed by atoms with E-state index in [4.69, 9.17) is 15.2 Å².